The molecule has 1 aliphatic carbocycles. The molecule has 0 radical (unpaired) electrons. The second-order valence-corrected chi connectivity index (χ2v) is 5.18. The lowest BCUT2D eigenvalue weighted by Crippen LogP contribution is -2.27. The number of methoxy groups -OCH3 is 1. The van der Waals surface area contributed by atoms with Crippen LogP contribution < -0.4 is 9.47 Å². The van der Waals surface area contributed by atoms with Crippen molar-refractivity contribution in [3.05, 3.63) is 24.3 Å². The van der Waals surface area contributed by atoms with Crippen molar-refractivity contribution in [3.63, 3.8) is 0 Å². The van der Waals surface area contributed by atoms with E-state index in [1.54, 1.807) is 7.11 Å². The first kappa shape index (κ1) is 15.6. The van der Waals surface area contributed by atoms with Gasteiger partial charge in [0.15, 0.2) is 11.5 Å². The molecule has 1 saturated carbocycles. The Morgan fingerprint density at radius 3 is 2.43 bits per heavy atom. The molecule has 116 valence electrons. The summed E-state index contributed by atoms with van der Waals surface area (Å²) in [5.41, 5.74) is 0. The van der Waals surface area contributed by atoms with E-state index in [0.29, 0.717) is 37.6 Å². The summed E-state index contributed by atoms with van der Waals surface area (Å²) in [5, 5.41) is 8.94. The fourth-order valence-corrected chi connectivity index (χ4v) is 2.58. The van der Waals surface area contributed by atoms with E-state index in [0.717, 1.165) is 12.8 Å². The standard InChI is InChI=1S/C16H22O5/c1-19-14-4-2-3-5-15(14)21-11-10-20-13-8-6-12(7-9-13)16(17)18/h2-5,12-13H,6-11H2,1H3,(H,17,18). The van der Waals surface area contributed by atoms with Crippen LogP contribution in [0.15, 0.2) is 24.3 Å². The van der Waals surface area contributed by atoms with Crippen LogP contribution in [0.5, 0.6) is 11.5 Å². The second kappa shape index (κ2) is 7.88. The third-order valence-corrected chi connectivity index (χ3v) is 3.79. The van der Waals surface area contributed by atoms with Crippen LogP contribution in [0.3, 0.4) is 0 Å². The molecule has 0 heterocycles. The van der Waals surface area contributed by atoms with E-state index < -0.39 is 5.97 Å². The highest BCUT2D eigenvalue weighted by molar-refractivity contribution is 5.70. The lowest BCUT2D eigenvalue weighted by Gasteiger charge is -2.26. The van der Waals surface area contributed by atoms with Gasteiger partial charge in [-0.25, -0.2) is 0 Å². The number of para-hydroxylation sites is 2. The van der Waals surface area contributed by atoms with Crippen molar-refractivity contribution in [1.29, 1.82) is 0 Å². The molecule has 0 amide bonds. The number of hydrogen-bond donors (Lipinski definition) is 1. The molecule has 1 aliphatic rings. The van der Waals surface area contributed by atoms with Gasteiger partial charge in [-0.15, -0.1) is 0 Å². The maximum absolute atomic E-state index is 10.9. The number of carbonyl (C=O) groups is 1. The number of ether oxygens (including phenoxy) is 3. The van der Waals surface area contributed by atoms with Gasteiger partial charge in [0.05, 0.1) is 25.7 Å². The zero-order valence-electron chi connectivity index (χ0n) is 12.3. The van der Waals surface area contributed by atoms with Gasteiger partial charge in [-0.3, -0.25) is 4.79 Å². The second-order valence-electron chi connectivity index (χ2n) is 5.18. The Bertz CT molecular complexity index is 452. The summed E-state index contributed by atoms with van der Waals surface area (Å²) in [4.78, 5) is 10.9. The topological polar surface area (TPSA) is 65.0 Å². The summed E-state index contributed by atoms with van der Waals surface area (Å²) in [6, 6.07) is 7.50. The van der Waals surface area contributed by atoms with E-state index in [4.69, 9.17) is 19.3 Å². The molecule has 1 aromatic rings. The molecule has 0 bridgehead atoms. The number of aliphatic carboxylic acids is 1. The van der Waals surface area contributed by atoms with E-state index in [-0.39, 0.29) is 12.0 Å². The van der Waals surface area contributed by atoms with Gasteiger partial charge < -0.3 is 19.3 Å². The van der Waals surface area contributed by atoms with Gasteiger partial charge in [0.25, 0.3) is 0 Å². The van der Waals surface area contributed by atoms with Crippen LogP contribution in [-0.4, -0.2) is 37.5 Å². The van der Waals surface area contributed by atoms with Crippen LogP contribution in [0.1, 0.15) is 25.7 Å². The van der Waals surface area contributed by atoms with Crippen molar-refractivity contribution in [3.8, 4) is 11.5 Å². The minimum absolute atomic E-state index is 0.155. The predicted octanol–water partition coefficient (Wildman–Crippen LogP) is 2.73. The summed E-state index contributed by atoms with van der Waals surface area (Å²) >= 11 is 0. The number of carboxylic acids is 1. The van der Waals surface area contributed by atoms with Gasteiger partial charge >= 0.3 is 5.97 Å². The third-order valence-electron chi connectivity index (χ3n) is 3.79. The van der Waals surface area contributed by atoms with E-state index in [1.165, 1.54) is 0 Å². The molecule has 5 nitrogen and oxygen atoms in total. The summed E-state index contributed by atoms with van der Waals surface area (Å²) < 4.78 is 16.6. The summed E-state index contributed by atoms with van der Waals surface area (Å²) in [7, 11) is 1.61. The van der Waals surface area contributed by atoms with Gasteiger partial charge in [-0.05, 0) is 37.8 Å². The minimum atomic E-state index is -0.687. The first-order valence-electron chi connectivity index (χ1n) is 7.31. The molecule has 0 aromatic heterocycles. The molecular formula is C16H22O5. The molecule has 0 unspecified atom stereocenters. The van der Waals surface area contributed by atoms with Crippen LogP contribution in [0, 0.1) is 5.92 Å². The Labute approximate surface area is 124 Å². The first-order chi connectivity index (χ1) is 10.2. The van der Waals surface area contributed by atoms with Gasteiger partial charge in [0.2, 0.25) is 0 Å². The molecule has 1 fully saturated rings. The zero-order valence-corrected chi connectivity index (χ0v) is 12.3. The minimum Gasteiger partial charge on any atom is -0.493 e. The molecule has 5 heteroatoms. The zero-order chi connectivity index (χ0) is 15.1. The highest BCUT2D eigenvalue weighted by atomic mass is 16.5. The van der Waals surface area contributed by atoms with Crippen LogP contribution in [0.4, 0.5) is 0 Å². The highest BCUT2D eigenvalue weighted by Crippen LogP contribution is 2.27. The van der Waals surface area contributed by atoms with Gasteiger partial charge in [0.1, 0.15) is 6.61 Å². The first-order valence-corrected chi connectivity index (χ1v) is 7.31. The maximum Gasteiger partial charge on any atom is 0.306 e. The normalized spacial score (nSPS) is 21.8. The summed E-state index contributed by atoms with van der Waals surface area (Å²) in [6.45, 7) is 0.958. The lowest BCUT2D eigenvalue weighted by molar-refractivity contribution is -0.143. The smallest absolute Gasteiger partial charge is 0.306 e. The Balaban J connectivity index is 1.65. The van der Waals surface area contributed by atoms with E-state index >= 15 is 0 Å². The number of benzene rings is 1. The van der Waals surface area contributed by atoms with Crippen molar-refractivity contribution in [2.24, 2.45) is 5.92 Å². The molecule has 0 atom stereocenters. The Kier molecular flexibility index (Phi) is 5.87. The van der Waals surface area contributed by atoms with Crippen LogP contribution in [0.2, 0.25) is 0 Å². The quantitative estimate of drug-likeness (QED) is 0.783. The molecule has 21 heavy (non-hydrogen) atoms. The van der Waals surface area contributed by atoms with Gasteiger partial charge in [0, 0.05) is 0 Å². The van der Waals surface area contributed by atoms with E-state index in [9.17, 15) is 4.79 Å². The monoisotopic (exact) mass is 294 g/mol. The fraction of sp³-hybridized carbons (Fsp3) is 0.562. The molecule has 2 rings (SSSR count). The van der Waals surface area contributed by atoms with Gasteiger partial charge in [-0.2, -0.15) is 0 Å². The third kappa shape index (κ3) is 4.63. The van der Waals surface area contributed by atoms with Gasteiger partial charge in [-0.1, -0.05) is 12.1 Å². The van der Waals surface area contributed by atoms with Crippen molar-refractivity contribution in [1.82, 2.24) is 0 Å². The average Bonchev–Trinajstić information content (AvgIpc) is 2.52. The Morgan fingerprint density at radius 1 is 1.14 bits per heavy atom. The van der Waals surface area contributed by atoms with E-state index in [1.807, 2.05) is 24.3 Å². The maximum atomic E-state index is 10.9. The molecule has 1 aromatic carbocycles. The number of hydrogen-bond acceptors (Lipinski definition) is 4. The summed E-state index contributed by atoms with van der Waals surface area (Å²) in [6.07, 6.45) is 3.18. The van der Waals surface area contributed by atoms with Crippen molar-refractivity contribution < 1.29 is 24.1 Å². The van der Waals surface area contributed by atoms with Crippen LogP contribution >= 0.6 is 0 Å². The Hall–Kier alpha value is -1.75. The molecule has 0 aliphatic heterocycles. The lowest BCUT2D eigenvalue weighted by atomic mass is 9.87. The predicted molar refractivity (Wildman–Crippen MR) is 77.8 cm³/mol. The number of rotatable bonds is 7. The Morgan fingerprint density at radius 2 is 1.81 bits per heavy atom. The fourth-order valence-electron chi connectivity index (χ4n) is 2.58. The van der Waals surface area contributed by atoms with Crippen molar-refractivity contribution in [2.75, 3.05) is 20.3 Å². The largest absolute Gasteiger partial charge is 0.493 e. The van der Waals surface area contributed by atoms with Crippen LogP contribution in [-0.2, 0) is 9.53 Å². The summed E-state index contributed by atoms with van der Waals surface area (Å²) in [5.74, 6) is 0.528. The van der Waals surface area contributed by atoms with E-state index in [2.05, 4.69) is 0 Å². The average molecular weight is 294 g/mol. The molecule has 0 saturated heterocycles. The SMILES string of the molecule is COc1ccccc1OCCOC1CCC(C(=O)O)CC1. The van der Waals surface area contributed by atoms with Crippen molar-refractivity contribution >= 4 is 5.97 Å². The molecule has 1 N–H and O–H groups in total. The van der Waals surface area contributed by atoms with Crippen LogP contribution in [0.25, 0.3) is 0 Å². The number of carboxylic acid groups (broad SMARTS) is 1. The molecule has 0 spiro atoms. The van der Waals surface area contributed by atoms with Crippen molar-refractivity contribution in [2.45, 2.75) is 31.8 Å². The highest BCUT2D eigenvalue weighted by Gasteiger charge is 2.26. The molecular weight excluding hydrogens is 272 g/mol.